The maximum Gasteiger partial charge on any atom is 0.0412 e. The van der Waals surface area contributed by atoms with Gasteiger partial charge in [0.15, 0.2) is 0 Å². The van der Waals surface area contributed by atoms with Crippen molar-refractivity contribution in [2.45, 2.75) is 13.8 Å². The summed E-state index contributed by atoms with van der Waals surface area (Å²) >= 11 is 0. The highest BCUT2D eigenvalue weighted by atomic mass is 14.7. The van der Waals surface area contributed by atoms with Gasteiger partial charge in [0.2, 0.25) is 0 Å². The highest BCUT2D eigenvalue weighted by Gasteiger charge is 1.85. The van der Waals surface area contributed by atoms with E-state index in [1.807, 2.05) is 0 Å². The van der Waals surface area contributed by atoms with Crippen molar-refractivity contribution in [2.75, 3.05) is 6.54 Å². The van der Waals surface area contributed by atoms with Crippen LogP contribution in [-0.2, 0) is 0 Å². The first-order valence-electron chi connectivity index (χ1n) is 2.88. The van der Waals surface area contributed by atoms with Gasteiger partial charge < -0.3 is 0 Å². The van der Waals surface area contributed by atoms with Gasteiger partial charge in [-0.25, -0.2) is 0 Å². The molecule has 0 amide bonds. The average Bonchev–Trinajstić information content (AvgIpc) is 1.66. The van der Waals surface area contributed by atoms with E-state index in [0.29, 0.717) is 5.92 Å². The molecule has 0 aliphatic carbocycles. The van der Waals surface area contributed by atoms with Gasteiger partial charge in [-0.15, -0.1) is 0 Å². The van der Waals surface area contributed by atoms with E-state index >= 15 is 0 Å². The van der Waals surface area contributed by atoms with Crippen LogP contribution in [0.4, 0.5) is 0 Å². The minimum Gasteiger partial charge on any atom is -0.293 e. The fraction of sp³-hybridized carbons (Fsp3) is 0.571. The van der Waals surface area contributed by atoms with Gasteiger partial charge in [-0.1, -0.05) is 26.5 Å². The number of rotatable bonds is 3. The molecule has 0 heterocycles. The molecule has 0 aliphatic rings. The molecule has 0 unspecified atom stereocenters. The Morgan fingerprint density at radius 1 is 1.62 bits per heavy atom. The second-order valence-corrected chi connectivity index (χ2v) is 2.14. The molecular formula is C7H13N. The molecular weight excluding hydrogens is 98.1 g/mol. The zero-order valence-corrected chi connectivity index (χ0v) is 5.59. The second kappa shape index (κ2) is 4.57. The zero-order chi connectivity index (χ0) is 6.41. The van der Waals surface area contributed by atoms with Crippen LogP contribution < -0.4 is 0 Å². The van der Waals surface area contributed by atoms with Crippen LogP contribution in [0.2, 0.25) is 0 Å². The van der Waals surface area contributed by atoms with Crippen molar-refractivity contribution >= 4 is 6.21 Å². The van der Waals surface area contributed by atoms with Crippen molar-refractivity contribution in [1.82, 2.24) is 0 Å². The predicted molar refractivity (Wildman–Crippen MR) is 38.4 cm³/mol. The zero-order valence-electron chi connectivity index (χ0n) is 5.59. The van der Waals surface area contributed by atoms with E-state index in [1.165, 1.54) is 0 Å². The summed E-state index contributed by atoms with van der Waals surface area (Å²) < 4.78 is 0. The molecule has 0 aromatic carbocycles. The molecule has 0 spiro atoms. The minimum atomic E-state index is 0.659. The Labute approximate surface area is 51.1 Å². The third kappa shape index (κ3) is 5.41. The molecule has 0 bridgehead atoms. The van der Waals surface area contributed by atoms with Gasteiger partial charge in [-0.3, -0.25) is 4.99 Å². The van der Waals surface area contributed by atoms with E-state index in [4.69, 9.17) is 0 Å². The Morgan fingerprint density at radius 2 is 2.25 bits per heavy atom. The molecule has 1 heteroatoms. The maximum absolute atomic E-state index is 4.05. The lowest BCUT2D eigenvalue weighted by molar-refractivity contribution is 0.667. The normalized spacial score (nSPS) is 10.9. The smallest absolute Gasteiger partial charge is 0.0412 e. The predicted octanol–water partition coefficient (Wildman–Crippen LogP) is 1.90. The quantitative estimate of drug-likeness (QED) is 0.493. The van der Waals surface area contributed by atoms with E-state index in [-0.39, 0.29) is 0 Å². The maximum atomic E-state index is 4.05. The Bertz CT molecular complexity index is 82.4. The highest BCUT2D eigenvalue weighted by molar-refractivity contribution is 5.69. The van der Waals surface area contributed by atoms with Gasteiger partial charge in [-0.05, 0) is 5.92 Å². The number of nitrogens with zero attached hydrogens (tertiary/aromatic N) is 1. The van der Waals surface area contributed by atoms with E-state index in [0.717, 1.165) is 6.54 Å². The first-order chi connectivity index (χ1) is 3.77. The van der Waals surface area contributed by atoms with Crippen LogP contribution in [0.25, 0.3) is 0 Å². The van der Waals surface area contributed by atoms with E-state index in [9.17, 15) is 0 Å². The van der Waals surface area contributed by atoms with E-state index in [2.05, 4.69) is 25.4 Å². The summed E-state index contributed by atoms with van der Waals surface area (Å²) in [6.45, 7) is 8.70. The fourth-order valence-corrected chi connectivity index (χ4v) is 0.346. The number of aliphatic imine (C=N–C) groups is 1. The lowest BCUT2D eigenvalue weighted by atomic mass is 10.2. The van der Waals surface area contributed by atoms with Crippen LogP contribution in [0.5, 0.6) is 0 Å². The van der Waals surface area contributed by atoms with Gasteiger partial charge >= 0.3 is 0 Å². The van der Waals surface area contributed by atoms with Crippen LogP contribution >= 0.6 is 0 Å². The third-order valence-corrected chi connectivity index (χ3v) is 0.681. The van der Waals surface area contributed by atoms with Crippen molar-refractivity contribution in [2.24, 2.45) is 10.9 Å². The summed E-state index contributed by atoms with van der Waals surface area (Å²) in [5.74, 6) is 0.659. The molecule has 0 fully saturated rings. The van der Waals surface area contributed by atoms with Crippen molar-refractivity contribution in [3.63, 3.8) is 0 Å². The van der Waals surface area contributed by atoms with Crippen molar-refractivity contribution in [3.05, 3.63) is 12.7 Å². The van der Waals surface area contributed by atoms with Gasteiger partial charge in [0.05, 0.1) is 0 Å². The van der Waals surface area contributed by atoms with Crippen LogP contribution in [0.3, 0.4) is 0 Å². The first kappa shape index (κ1) is 7.41. The Morgan fingerprint density at radius 3 is 2.62 bits per heavy atom. The summed E-state index contributed by atoms with van der Waals surface area (Å²) in [4.78, 5) is 4.05. The molecule has 46 valence electrons. The molecule has 0 atom stereocenters. The second-order valence-electron chi connectivity index (χ2n) is 2.14. The summed E-state index contributed by atoms with van der Waals surface area (Å²) in [6, 6.07) is 0. The first-order valence-corrected chi connectivity index (χ1v) is 2.88. The number of hydrogen-bond acceptors (Lipinski definition) is 1. The SMILES string of the molecule is C=CC=NCC(C)C. The van der Waals surface area contributed by atoms with Gasteiger partial charge in [0, 0.05) is 12.8 Å². The molecule has 0 radical (unpaired) electrons. The molecule has 8 heavy (non-hydrogen) atoms. The Balaban J connectivity index is 3.15. The van der Waals surface area contributed by atoms with Crippen LogP contribution in [-0.4, -0.2) is 12.8 Å². The van der Waals surface area contributed by atoms with Gasteiger partial charge in [-0.2, -0.15) is 0 Å². The molecule has 0 aromatic heterocycles. The van der Waals surface area contributed by atoms with Crippen LogP contribution in [0.1, 0.15) is 13.8 Å². The molecule has 0 aliphatic heterocycles. The van der Waals surface area contributed by atoms with Crippen LogP contribution in [0, 0.1) is 5.92 Å². The van der Waals surface area contributed by atoms with E-state index in [1.54, 1.807) is 12.3 Å². The van der Waals surface area contributed by atoms with Crippen molar-refractivity contribution < 1.29 is 0 Å². The summed E-state index contributed by atoms with van der Waals surface area (Å²) in [5, 5.41) is 0. The molecule has 0 saturated carbocycles. The van der Waals surface area contributed by atoms with Crippen molar-refractivity contribution in [1.29, 1.82) is 0 Å². The molecule has 0 rings (SSSR count). The highest BCUT2D eigenvalue weighted by Crippen LogP contribution is 1.89. The van der Waals surface area contributed by atoms with Gasteiger partial charge in [0.1, 0.15) is 0 Å². The Hall–Kier alpha value is -0.590. The number of allylic oxidation sites excluding steroid dienone is 1. The summed E-state index contributed by atoms with van der Waals surface area (Å²) in [7, 11) is 0. The van der Waals surface area contributed by atoms with Crippen LogP contribution in [0.15, 0.2) is 17.6 Å². The number of hydrogen-bond donors (Lipinski definition) is 0. The molecule has 0 saturated heterocycles. The summed E-state index contributed by atoms with van der Waals surface area (Å²) in [6.07, 6.45) is 3.43. The lowest BCUT2D eigenvalue weighted by Crippen LogP contribution is -1.90. The standard InChI is InChI=1S/C7H13N/c1-4-5-8-6-7(2)3/h4-5,7H,1,6H2,2-3H3. The lowest BCUT2D eigenvalue weighted by Gasteiger charge is -1.93. The van der Waals surface area contributed by atoms with E-state index < -0.39 is 0 Å². The monoisotopic (exact) mass is 111 g/mol. The average molecular weight is 111 g/mol. The third-order valence-electron chi connectivity index (χ3n) is 0.681. The molecule has 0 N–H and O–H groups in total. The minimum absolute atomic E-state index is 0.659. The summed E-state index contributed by atoms with van der Waals surface area (Å²) in [5.41, 5.74) is 0. The topological polar surface area (TPSA) is 12.4 Å². The molecule has 0 aromatic rings. The van der Waals surface area contributed by atoms with Gasteiger partial charge in [0.25, 0.3) is 0 Å². The fourth-order valence-electron chi connectivity index (χ4n) is 0.346. The molecule has 1 nitrogen and oxygen atoms in total. The Kier molecular flexibility index (Phi) is 4.23. The van der Waals surface area contributed by atoms with Crippen molar-refractivity contribution in [3.8, 4) is 0 Å². The largest absolute Gasteiger partial charge is 0.293 e.